The Morgan fingerprint density at radius 3 is 2.71 bits per heavy atom. The maximum absolute atomic E-state index is 5.37. The number of methoxy groups -OCH3 is 2. The van der Waals surface area contributed by atoms with Gasteiger partial charge in [-0.2, -0.15) is 5.10 Å². The highest BCUT2D eigenvalue weighted by Crippen LogP contribution is 2.27. The Kier molecular flexibility index (Phi) is 6.00. The average molecular weight is 241 g/mol. The Hall–Kier alpha value is -1.07. The van der Waals surface area contributed by atoms with E-state index in [-0.39, 0.29) is 6.04 Å². The first-order valence-electron chi connectivity index (χ1n) is 6.10. The summed E-state index contributed by atoms with van der Waals surface area (Å²) >= 11 is 0. The first kappa shape index (κ1) is 14.0. The van der Waals surface area contributed by atoms with Gasteiger partial charge in [-0.05, 0) is 19.9 Å². The Morgan fingerprint density at radius 2 is 2.18 bits per heavy atom. The number of hydrogen-bond donors (Lipinski definition) is 1. The van der Waals surface area contributed by atoms with Crippen molar-refractivity contribution in [3.8, 4) is 5.75 Å². The number of nitrogens with one attached hydrogen (secondary N) is 1. The summed E-state index contributed by atoms with van der Waals surface area (Å²) in [6.45, 7) is 6.64. The SMILES string of the molecule is CCNC(CCOC)c1c(OC)cnn1CC. The van der Waals surface area contributed by atoms with Crippen molar-refractivity contribution < 1.29 is 9.47 Å². The molecule has 0 aliphatic carbocycles. The molecule has 5 heteroatoms. The van der Waals surface area contributed by atoms with Gasteiger partial charge in [0.05, 0.1) is 25.0 Å². The molecule has 0 amide bonds. The molecular formula is C12H23N3O2. The number of aromatic nitrogens is 2. The Morgan fingerprint density at radius 1 is 1.41 bits per heavy atom. The minimum absolute atomic E-state index is 0.220. The second-order valence-electron chi connectivity index (χ2n) is 3.81. The van der Waals surface area contributed by atoms with E-state index >= 15 is 0 Å². The van der Waals surface area contributed by atoms with Gasteiger partial charge in [-0.25, -0.2) is 0 Å². The van der Waals surface area contributed by atoms with Gasteiger partial charge in [0.25, 0.3) is 0 Å². The number of ether oxygens (including phenoxy) is 2. The van der Waals surface area contributed by atoms with E-state index < -0.39 is 0 Å². The number of aryl methyl sites for hydroxylation is 1. The molecule has 0 saturated heterocycles. The summed E-state index contributed by atoms with van der Waals surface area (Å²) in [7, 11) is 3.40. The predicted molar refractivity (Wildman–Crippen MR) is 67.4 cm³/mol. The average Bonchev–Trinajstić information content (AvgIpc) is 2.77. The highest BCUT2D eigenvalue weighted by Gasteiger charge is 2.20. The lowest BCUT2D eigenvalue weighted by Crippen LogP contribution is -2.25. The molecule has 5 nitrogen and oxygen atoms in total. The van der Waals surface area contributed by atoms with Crippen LogP contribution in [-0.4, -0.2) is 37.2 Å². The summed E-state index contributed by atoms with van der Waals surface area (Å²) in [5.41, 5.74) is 1.11. The quantitative estimate of drug-likeness (QED) is 0.751. The van der Waals surface area contributed by atoms with Crippen molar-refractivity contribution in [1.82, 2.24) is 15.1 Å². The molecule has 0 spiro atoms. The third-order valence-electron chi connectivity index (χ3n) is 2.76. The third kappa shape index (κ3) is 3.44. The van der Waals surface area contributed by atoms with Crippen LogP contribution in [0, 0.1) is 0 Å². The maximum atomic E-state index is 5.37. The highest BCUT2D eigenvalue weighted by molar-refractivity contribution is 5.28. The maximum Gasteiger partial charge on any atom is 0.161 e. The van der Waals surface area contributed by atoms with E-state index in [0.29, 0.717) is 0 Å². The standard InChI is InChI=1S/C12H23N3O2/c1-5-13-10(7-8-16-3)12-11(17-4)9-14-15(12)6-2/h9-10,13H,5-8H2,1-4H3. The van der Waals surface area contributed by atoms with Crippen LogP contribution in [0.3, 0.4) is 0 Å². The molecule has 1 aromatic heterocycles. The first-order valence-corrected chi connectivity index (χ1v) is 6.10. The largest absolute Gasteiger partial charge is 0.493 e. The van der Waals surface area contributed by atoms with E-state index in [2.05, 4.69) is 24.3 Å². The molecule has 0 radical (unpaired) electrons. The highest BCUT2D eigenvalue weighted by atomic mass is 16.5. The zero-order valence-corrected chi connectivity index (χ0v) is 11.2. The number of rotatable bonds is 8. The molecule has 0 fully saturated rings. The minimum atomic E-state index is 0.220. The van der Waals surface area contributed by atoms with Crippen molar-refractivity contribution in [3.63, 3.8) is 0 Å². The van der Waals surface area contributed by atoms with Crippen LogP contribution in [0.25, 0.3) is 0 Å². The molecule has 1 heterocycles. The van der Waals surface area contributed by atoms with Gasteiger partial charge in [-0.1, -0.05) is 6.92 Å². The van der Waals surface area contributed by atoms with Crippen LogP contribution in [0.15, 0.2) is 6.20 Å². The molecule has 1 aromatic rings. The molecule has 1 N–H and O–H groups in total. The molecular weight excluding hydrogens is 218 g/mol. The van der Waals surface area contributed by atoms with Gasteiger partial charge in [0, 0.05) is 20.3 Å². The van der Waals surface area contributed by atoms with E-state index in [4.69, 9.17) is 9.47 Å². The summed E-state index contributed by atoms with van der Waals surface area (Å²) in [6, 6.07) is 0.220. The van der Waals surface area contributed by atoms with Crippen LogP contribution in [0.1, 0.15) is 32.0 Å². The zero-order chi connectivity index (χ0) is 12.7. The fraction of sp³-hybridized carbons (Fsp3) is 0.750. The van der Waals surface area contributed by atoms with E-state index in [1.165, 1.54) is 0 Å². The summed E-state index contributed by atoms with van der Waals surface area (Å²) in [5.74, 6) is 0.842. The molecule has 17 heavy (non-hydrogen) atoms. The van der Waals surface area contributed by atoms with E-state index in [1.54, 1.807) is 20.4 Å². The van der Waals surface area contributed by atoms with Crippen molar-refractivity contribution in [2.75, 3.05) is 27.4 Å². The molecule has 1 rings (SSSR count). The van der Waals surface area contributed by atoms with Gasteiger partial charge in [0.15, 0.2) is 5.75 Å². The minimum Gasteiger partial charge on any atom is -0.493 e. The second-order valence-corrected chi connectivity index (χ2v) is 3.81. The predicted octanol–water partition coefficient (Wildman–Crippen LogP) is 1.60. The summed E-state index contributed by atoms with van der Waals surface area (Å²) in [4.78, 5) is 0. The lowest BCUT2D eigenvalue weighted by atomic mass is 10.1. The molecule has 0 saturated carbocycles. The van der Waals surface area contributed by atoms with Gasteiger partial charge in [0.2, 0.25) is 0 Å². The van der Waals surface area contributed by atoms with Crippen molar-refractivity contribution in [1.29, 1.82) is 0 Å². The van der Waals surface area contributed by atoms with Crippen molar-refractivity contribution >= 4 is 0 Å². The first-order chi connectivity index (χ1) is 8.28. The molecule has 0 aromatic carbocycles. The van der Waals surface area contributed by atoms with Crippen molar-refractivity contribution in [3.05, 3.63) is 11.9 Å². The van der Waals surface area contributed by atoms with E-state index in [0.717, 1.165) is 37.6 Å². The molecule has 0 aliphatic rings. The van der Waals surface area contributed by atoms with E-state index in [1.807, 2.05) is 4.68 Å². The van der Waals surface area contributed by atoms with Crippen LogP contribution in [0.2, 0.25) is 0 Å². The van der Waals surface area contributed by atoms with Crippen LogP contribution < -0.4 is 10.1 Å². The molecule has 98 valence electrons. The molecule has 0 aliphatic heterocycles. The topological polar surface area (TPSA) is 48.3 Å². The monoisotopic (exact) mass is 241 g/mol. The lowest BCUT2D eigenvalue weighted by Gasteiger charge is -2.19. The van der Waals surface area contributed by atoms with Crippen molar-refractivity contribution in [2.24, 2.45) is 0 Å². The number of hydrogen-bond acceptors (Lipinski definition) is 4. The van der Waals surface area contributed by atoms with Gasteiger partial charge in [-0.15, -0.1) is 0 Å². The van der Waals surface area contributed by atoms with E-state index in [9.17, 15) is 0 Å². The third-order valence-corrected chi connectivity index (χ3v) is 2.76. The Bertz CT molecular complexity index is 304. The Labute approximate surface area is 103 Å². The summed E-state index contributed by atoms with van der Waals surface area (Å²) < 4.78 is 12.5. The van der Waals surface area contributed by atoms with Crippen LogP contribution >= 0.6 is 0 Å². The summed E-state index contributed by atoms with van der Waals surface area (Å²) in [6.07, 6.45) is 2.68. The fourth-order valence-corrected chi connectivity index (χ4v) is 1.96. The number of nitrogens with zero attached hydrogens (tertiary/aromatic N) is 2. The smallest absolute Gasteiger partial charge is 0.161 e. The zero-order valence-electron chi connectivity index (χ0n) is 11.2. The van der Waals surface area contributed by atoms with Gasteiger partial charge >= 0.3 is 0 Å². The van der Waals surface area contributed by atoms with Crippen LogP contribution in [-0.2, 0) is 11.3 Å². The summed E-state index contributed by atoms with van der Waals surface area (Å²) in [5, 5.41) is 7.78. The van der Waals surface area contributed by atoms with Crippen LogP contribution in [0.4, 0.5) is 0 Å². The van der Waals surface area contributed by atoms with Gasteiger partial charge in [0.1, 0.15) is 0 Å². The molecule has 0 bridgehead atoms. The second kappa shape index (κ2) is 7.29. The van der Waals surface area contributed by atoms with Crippen LogP contribution in [0.5, 0.6) is 5.75 Å². The molecule has 1 atom stereocenters. The van der Waals surface area contributed by atoms with Crippen molar-refractivity contribution in [2.45, 2.75) is 32.9 Å². The fourth-order valence-electron chi connectivity index (χ4n) is 1.96. The normalized spacial score (nSPS) is 12.7. The molecule has 1 unspecified atom stereocenters. The Balaban J connectivity index is 2.93. The lowest BCUT2D eigenvalue weighted by molar-refractivity contribution is 0.181. The van der Waals surface area contributed by atoms with Gasteiger partial charge < -0.3 is 14.8 Å². The van der Waals surface area contributed by atoms with Gasteiger partial charge in [-0.3, -0.25) is 4.68 Å².